The molecular formula is C11H9N5O. The van der Waals surface area contributed by atoms with Gasteiger partial charge in [-0.15, -0.1) is 0 Å². The molecule has 0 aliphatic carbocycles. The van der Waals surface area contributed by atoms with Gasteiger partial charge in [-0.3, -0.25) is 9.78 Å². The number of pyridine rings is 1. The van der Waals surface area contributed by atoms with E-state index in [0.29, 0.717) is 16.9 Å². The third-order valence-electron chi connectivity index (χ3n) is 2.46. The van der Waals surface area contributed by atoms with Crippen LogP contribution in [0.25, 0.3) is 16.7 Å². The number of nitrogens with zero attached hydrogens (tertiary/aromatic N) is 4. The van der Waals surface area contributed by atoms with Crippen molar-refractivity contribution in [1.82, 2.24) is 24.7 Å². The lowest BCUT2D eigenvalue weighted by atomic mass is 10.4. The molecule has 0 amide bonds. The van der Waals surface area contributed by atoms with E-state index in [1.807, 2.05) is 12.1 Å². The van der Waals surface area contributed by atoms with E-state index in [0.717, 1.165) is 5.69 Å². The molecule has 0 unspecified atom stereocenters. The first-order valence-electron chi connectivity index (χ1n) is 5.11. The third kappa shape index (κ3) is 1.50. The topological polar surface area (TPSA) is 76.5 Å². The molecule has 1 N–H and O–H groups in total. The highest BCUT2D eigenvalue weighted by Crippen LogP contribution is 2.12. The molecule has 0 saturated carbocycles. The van der Waals surface area contributed by atoms with Gasteiger partial charge >= 0.3 is 0 Å². The maximum atomic E-state index is 11.7. The van der Waals surface area contributed by atoms with Crippen molar-refractivity contribution >= 4 is 11.0 Å². The van der Waals surface area contributed by atoms with E-state index in [4.69, 9.17) is 0 Å². The molecule has 3 aromatic rings. The smallest absolute Gasteiger partial charge is 0.262 e. The first-order valence-corrected chi connectivity index (χ1v) is 5.11. The quantitative estimate of drug-likeness (QED) is 0.667. The van der Waals surface area contributed by atoms with E-state index in [2.05, 4.69) is 20.1 Å². The van der Waals surface area contributed by atoms with Crippen LogP contribution in [-0.2, 0) is 0 Å². The summed E-state index contributed by atoms with van der Waals surface area (Å²) in [6, 6.07) is 3.62. The van der Waals surface area contributed by atoms with Gasteiger partial charge in [0.15, 0.2) is 5.65 Å². The zero-order valence-electron chi connectivity index (χ0n) is 9.08. The molecule has 0 spiro atoms. The second kappa shape index (κ2) is 3.51. The molecule has 84 valence electrons. The van der Waals surface area contributed by atoms with Gasteiger partial charge in [0.25, 0.3) is 5.56 Å². The summed E-state index contributed by atoms with van der Waals surface area (Å²) < 4.78 is 1.62. The average Bonchev–Trinajstić information content (AvgIpc) is 2.74. The SMILES string of the molecule is Cc1nc2c(cnn2-c2ccncc2)c(=O)[nH]1. The molecule has 0 radical (unpaired) electrons. The van der Waals surface area contributed by atoms with Gasteiger partial charge in [0.05, 0.1) is 11.9 Å². The maximum Gasteiger partial charge on any atom is 0.262 e. The standard InChI is InChI=1S/C11H9N5O/c1-7-14-10-9(11(17)15-7)6-13-16(10)8-2-4-12-5-3-8/h2-6H,1H3,(H,14,15,17). The minimum absolute atomic E-state index is 0.173. The normalized spacial score (nSPS) is 10.9. The Kier molecular flexibility index (Phi) is 2.01. The number of aromatic nitrogens is 5. The van der Waals surface area contributed by atoms with Crippen LogP contribution < -0.4 is 5.56 Å². The van der Waals surface area contributed by atoms with Gasteiger partial charge in [-0.05, 0) is 19.1 Å². The van der Waals surface area contributed by atoms with Gasteiger partial charge in [0.1, 0.15) is 11.2 Å². The summed E-state index contributed by atoms with van der Waals surface area (Å²) in [6.07, 6.45) is 4.85. The van der Waals surface area contributed by atoms with Gasteiger partial charge in [-0.1, -0.05) is 0 Å². The number of fused-ring (bicyclic) bond motifs is 1. The summed E-state index contributed by atoms with van der Waals surface area (Å²) in [6.45, 7) is 1.74. The Hall–Kier alpha value is -2.50. The molecule has 0 aromatic carbocycles. The van der Waals surface area contributed by atoms with Gasteiger partial charge < -0.3 is 4.98 Å². The summed E-state index contributed by atoms with van der Waals surface area (Å²) in [5.74, 6) is 0.568. The highest BCUT2D eigenvalue weighted by atomic mass is 16.1. The van der Waals surface area contributed by atoms with Crippen LogP contribution in [0, 0.1) is 6.92 Å². The molecule has 17 heavy (non-hydrogen) atoms. The monoisotopic (exact) mass is 227 g/mol. The Morgan fingerprint density at radius 2 is 2.06 bits per heavy atom. The second-order valence-electron chi connectivity index (χ2n) is 3.65. The predicted octanol–water partition coefficient (Wildman–Crippen LogP) is 0.812. The summed E-state index contributed by atoms with van der Waals surface area (Å²) in [4.78, 5) is 22.6. The van der Waals surface area contributed by atoms with Crippen molar-refractivity contribution in [3.8, 4) is 5.69 Å². The van der Waals surface area contributed by atoms with Gasteiger partial charge in [-0.25, -0.2) is 9.67 Å². The van der Waals surface area contributed by atoms with Crippen molar-refractivity contribution < 1.29 is 0 Å². The lowest BCUT2D eigenvalue weighted by molar-refractivity contribution is 0.885. The Morgan fingerprint density at radius 3 is 2.82 bits per heavy atom. The number of hydrogen-bond acceptors (Lipinski definition) is 4. The minimum Gasteiger partial charge on any atom is -0.310 e. The molecule has 3 heterocycles. The lowest BCUT2D eigenvalue weighted by Crippen LogP contribution is -2.10. The van der Waals surface area contributed by atoms with Crippen LogP contribution in [0.5, 0.6) is 0 Å². The minimum atomic E-state index is -0.173. The van der Waals surface area contributed by atoms with Crippen LogP contribution in [0.1, 0.15) is 5.82 Å². The van der Waals surface area contributed by atoms with Crippen LogP contribution in [0.4, 0.5) is 0 Å². The zero-order chi connectivity index (χ0) is 11.8. The predicted molar refractivity (Wildman–Crippen MR) is 62.0 cm³/mol. The van der Waals surface area contributed by atoms with Gasteiger partial charge in [0.2, 0.25) is 0 Å². The number of nitrogens with one attached hydrogen (secondary N) is 1. The number of rotatable bonds is 1. The van der Waals surface area contributed by atoms with Crippen LogP contribution in [-0.4, -0.2) is 24.7 Å². The fraction of sp³-hybridized carbons (Fsp3) is 0.0909. The molecule has 0 bridgehead atoms. The van der Waals surface area contributed by atoms with Crippen LogP contribution in [0.2, 0.25) is 0 Å². The lowest BCUT2D eigenvalue weighted by Gasteiger charge is -2.01. The van der Waals surface area contributed by atoms with Crippen molar-refractivity contribution in [2.24, 2.45) is 0 Å². The Morgan fingerprint density at radius 1 is 1.29 bits per heavy atom. The highest BCUT2D eigenvalue weighted by Gasteiger charge is 2.09. The summed E-state index contributed by atoms with van der Waals surface area (Å²) in [5, 5.41) is 4.65. The molecule has 3 rings (SSSR count). The van der Waals surface area contributed by atoms with Crippen molar-refractivity contribution in [3.05, 3.63) is 46.9 Å². The zero-order valence-corrected chi connectivity index (χ0v) is 9.08. The van der Waals surface area contributed by atoms with E-state index >= 15 is 0 Å². The largest absolute Gasteiger partial charge is 0.310 e. The van der Waals surface area contributed by atoms with Gasteiger partial charge in [-0.2, -0.15) is 5.10 Å². The number of H-pyrrole nitrogens is 1. The van der Waals surface area contributed by atoms with Crippen LogP contribution >= 0.6 is 0 Å². The second-order valence-corrected chi connectivity index (χ2v) is 3.65. The molecule has 0 atom stereocenters. The molecule has 0 saturated heterocycles. The fourth-order valence-corrected chi connectivity index (χ4v) is 1.70. The fourth-order valence-electron chi connectivity index (χ4n) is 1.70. The summed E-state index contributed by atoms with van der Waals surface area (Å²) in [7, 11) is 0. The third-order valence-corrected chi connectivity index (χ3v) is 2.46. The van der Waals surface area contributed by atoms with E-state index in [-0.39, 0.29) is 5.56 Å². The van der Waals surface area contributed by atoms with E-state index in [1.165, 1.54) is 6.20 Å². The number of hydrogen-bond donors (Lipinski definition) is 1. The maximum absolute atomic E-state index is 11.7. The van der Waals surface area contributed by atoms with Crippen molar-refractivity contribution in [3.63, 3.8) is 0 Å². The Labute approximate surface area is 96.0 Å². The molecule has 0 aliphatic heterocycles. The summed E-state index contributed by atoms with van der Waals surface area (Å²) >= 11 is 0. The van der Waals surface area contributed by atoms with Crippen molar-refractivity contribution in [1.29, 1.82) is 0 Å². The summed E-state index contributed by atoms with van der Waals surface area (Å²) in [5.41, 5.74) is 1.21. The molecule has 6 nitrogen and oxygen atoms in total. The van der Waals surface area contributed by atoms with E-state index in [1.54, 1.807) is 24.0 Å². The van der Waals surface area contributed by atoms with E-state index in [9.17, 15) is 4.79 Å². The molecule has 0 fully saturated rings. The number of aromatic amines is 1. The van der Waals surface area contributed by atoms with Gasteiger partial charge in [0, 0.05) is 12.4 Å². The van der Waals surface area contributed by atoms with Crippen LogP contribution in [0.15, 0.2) is 35.5 Å². The van der Waals surface area contributed by atoms with Crippen LogP contribution in [0.3, 0.4) is 0 Å². The first-order chi connectivity index (χ1) is 8.25. The van der Waals surface area contributed by atoms with Crippen molar-refractivity contribution in [2.75, 3.05) is 0 Å². The first kappa shape index (κ1) is 9.71. The molecular weight excluding hydrogens is 218 g/mol. The molecule has 6 heteroatoms. The number of aryl methyl sites for hydroxylation is 1. The van der Waals surface area contributed by atoms with Crippen molar-refractivity contribution in [2.45, 2.75) is 6.92 Å². The highest BCUT2D eigenvalue weighted by molar-refractivity contribution is 5.74. The average molecular weight is 227 g/mol. The molecule has 0 aliphatic rings. The Bertz CT molecular complexity index is 728. The molecule has 3 aromatic heterocycles. The van der Waals surface area contributed by atoms with E-state index < -0.39 is 0 Å². The Balaban J connectivity index is 2.36.